The number of benzene rings is 4. The molecule has 0 saturated heterocycles. The Morgan fingerprint density at radius 2 is 0.886 bits per heavy atom. The van der Waals surface area contributed by atoms with E-state index in [1.54, 1.807) is 12.4 Å². The highest BCUT2D eigenvalue weighted by Gasteiger charge is 2.14. The summed E-state index contributed by atoms with van der Waals surface area (Å²) in [4.78, 5) is 9.83. The molecule has 0 amide bonds. The van der Waals surface area contributed by atoms with Crippen LogP contribution in [-0.4, -0.2) is 22.6 Å². The van der Waals surface area contributed by atoms with Gasteiger partial charge in [-0.05, 0) is 107 Å². The van der Waals surface area contributed by atoms with Crippen LogP contribution < -0.4 is 0 Å². The average Bonchev–Trinajstić information content (AvgIpc) is 2.93. The average molecular weight is 591 g/mol. The zero-order valence-electron chi connectivity index (χ0n) is 27.9. The van der Waals surface area contributed by atoms with Crippen LogP contribution >= 0.6 is 0 Å². The van der Waals surface area contributed by atoms with Gasteiger partial charge in [-0.1, -0.05) is 91.8 Å². The molecule has 0 saturated carbocycles. The molecule has 4 heteroatoms. The molecule has 0 aromatic heterocycles. The molecule has 44 heavy (non-hydrogen) atoms. The van der Waals surface area contributed by atoms with Crippen molar-refractivity contribution >= 4 is 34.6 Å². The first-order valence-electron chi connectivity index (χ1n) is 16.2. The summed E-state index contributed by atoms with van der Waals surface area (Å²) >= 11 is 0. The Balaban J connectivity index is 1.81. The van der Waals surface area contributed by atoms with E-state index in [1.165, 1.54) is 11.1 Å². The van der Waals surface area contributed by atoms with Gasteiger partial charge in [0.25, 0.3) is 0 Å². The summed E-state index contributed by atoms with van der Waals surface area (Å²) in [5.41, 5.74) is 7.20. The van der Waals surface area contributed by atoms with Crippen LogP contribution in [0.4, 0.5) is 11.4 Å². The maximum absolute atomic E-state index is 11.2. The molecular weight excluding hydrogens is 540 g/mol. The second-order valence-corrected chi connectivity index (χ2v) is 14.0. The van der Waals surface area contributed by atoms with Gasteiger partial charge in [0, 0.05) is 23.6 Å². The van der Waals surface area contributed by atoms with Gasteiger partial charge in [-0.15, -0.1) is 0 Å². The highest BCUT2D eigenvalue weighted by Crippen LogP contribution is 2.35. The van der Waals surface area contributed by atoms with E-state index in [0.717, 1.165) is 58.7 Å². The zero-order valence-corrected chi connectivity index (χ0v) is 27.9. The Kier molecular flexibility index (Phi) is 11.0. The molecule has 0 spiro atoms. The van der Waals surface area contributed by atoms with E-state index < -0.39 is 0 Å². The molecule has 0 aliphatic carbocycles. The number of phenolic OH excluding ortho intramolecular Hbond substituents is 2. The molecule has 4 rings (SSSR count). The van der Waals surface area contributed by atoms with E-state index in [-0.39, 0.29) is 0 Å². The summed E-state index contributed by atoms with van der Waals surface area (Å²) in [5, 5.41) is 24.6. The number of phenols is 2. The molecule has 0 aliphatic heterocycles. The van der Waals surface area contributed by atoms with Crippen molar-refractivity contribution in [3.63, 3.8) is 0 Å². The van der Waals surface area contributed by atoms with E-state index in [4.69, 9.17) is 9.98 Å². The first-order valence-corrected chi connectivity index (χ1v) is 16.2. The van der Waals surface area contributed by atoms with Gasteiger partial charge >= 0.3 is 0 Å². The van der Waals surface area contributed by atoms with E-state index in [1.807, 2.05) is 24.3 Å². The van der Waals surface area contributed by atoms with Gasteiger partial charge in [0.15, 0.2) is 0 Å². The van der Waals surface area contributed by atoms with Crippen LogP contribution in [0.15, 0.2) is 70.6 Å². The van der Waals surface area contributed by atoms with E-state index in [0.29, 0.717) is 46.5 Å². The van der Waals surface area contributed by atoms with Crippen molar-refractivity contribution in [2.75, 3.05) is 0 Å². The minimum absolute atomic E-state index is 0.297. The largest absolute Gasteiger partial charge is 0.507 e. The minimum Gasteiger partial charge on any atom is -0.507 e. The predicted molar refractivity (Wildman–Crippen MR) is 189 cm³/mol. The van der Waals surface area contributed by atoms with Gasteiger partial charge in [0.05, 0.1) is 11.4 Å². The van der Waals surface area contributed by atoms with Crippen LogP contribution in [0.2, 0.25) is 0 Å². The predicted octanol–water partition coefficient (Wildman–Crippen LogP) is 10.5. The molecule has 0 radical (unpaired) electrons. The Morgan fingerprint density at radius 1 is 0.523 bits per heavy atom. The minimum atomic E-state index is 0.297. The fourth-order valence-corrected chi connectivity index (χ4v) is 5.84. The molecule has 0 bridgehead atoms. The number of fused-ring (bicyclic) bond motifs is 1. The second-order valence-electron chi connectivity index (χ2n) is 14.0. The number of aliphatic imine (C=N–C) groups is 2. The first-order chi connectivity index (χ1) is 20.9. The van der Waals surface area contributed by atoms with Crippen LogP contribution in [-0.2, 0) is 25.7 Å². The number of rotatable bonds is 12. The quantitative estimate of drug-likeness (QED) is 0.161. The number of nitrogens with zero attached hydrogens (tertiary/aromatic N) is 2. The summed E-state index contributed by atoms with van der Waals surface area (Å²) in [6, 6.07) is 20.7. The molecule has 4 nitrogen and oxygen atoms in total. The second kappa shape index (κ2) is 14.7. The SMILES string of the molecule is CC(C)Cc1cc(C=Nc2cc3ccccc3cc2N=Cc2cc(CC(C)C)cc(CC(C)C)c2O)c(O)c(CC(C)C)c1. The van der Waals surface area contributed by atoms with E-state index in [9.17, 15) is 10.2 Å². The summed E-state index contributed by atoms with van der Waals surface area (Å²) in [6.07, 6.45) is 7.04. The molecular formula is C40H50N2O2. The van der Waals surface area contributed by atoms with Crippen molar-refractivity contribution in [2.45, 2.75) is 81.1 Å². The summed E-state index contributed by atoms with van der Waals surface area (Å²) in [5.74, 6) is 2.47. The van der Waals surface area contributed by atoms with Crippen molar-refractivity contribution in [1.29, 1.82) is 0 Å². The van der Waals surface area contributed by atoms with Crippen molar-refractivity contribution in [3.8, 4) is 11.5 Å². The van der Waals surface area contributed by atoms with Gasteiger partial charge in [-0.25, -0.2) is 0 Å². The Hall–Kier alpha value is -3.92. The molecule has 232 valence electrons. The highest BCUT2D eigenvalue weighted by molar-refractivity contribution is 5.96. The smallest absolute Gasteiger partial charge is 0.127 e. The lowest BCUT2D eigenvalue weighted by molar-refractivity contribution is 0.460. The third kappa shape index (κ3) is 8.81. The Morgan fingerprint density at radius 3 is 1.23 bits per heavy atom. The molecule has 0 fully saturated rings. The Bertz CT molecular complexity index is 1520. The summed E-state index contributed by atoms with van der Waals surface area (Å²) < 4.78 is 0. The molecule has 0 unspecified atom stereocenters. The lowest BCUT2D eigenvalue weighted by Crippen LogP contribution is -2.02. The highest BCUT2D eigenvalue weighted by atomic mass is 16.3. The van der Waals surface area contributed by atoms with Gasteiger partial charge < -0.3 is 10.2 Å². The molecule has 0 heterocycles. The number of hydrogen-bond donors (Lipinski definition) is 2. The number of hydrogen-bond acceptors (Lipinski definition) is 4. The molecule has 4 aromatic rings. The standard InChI is InChI=1S/C40H50N2O2/c1-25(2)13-29-17-33(15-27(5)6)39(43)35(19-29)23-41-37-21-31-11-9-10-12-32(31)22-38(37)42-24-36-20-30(14-26(3)4)18-34(40(36)44)16-28(7)8/h9-12,17-28,43-44H,13-16H2,1-8H3. The van der Waals surface area contributed by atoms with Crippen molar-refractivity contribution < 1.29 is 10.2 Å². The van der Waals surface area contributed by atoms with Crippen LogP contribution in [0.1, 0.15) is 88.8 Å². The lowest BCUT2D eigenvalue weighted by Gasteiger charge is -2.14. The van der Waals surface area contributed by atoms with Crippen LogP contribution in [0, 0.1) is 23.7 Å². The van der Waals surface area contributed by atoms with Crippen molar-refractivity contribution in [1.82, 2.24) is 0 Å². The van der Waals surface area contributed by atoms with Crippen LogP contribution in [0.5, 0.6) is 11.5 Å². The molecule has 0 atom stereocenters. The summed E-state index contributed by atoms with van der Waals surface area (Å²) in [6.45, 7) is 17.5. The van der Waals surface area contributed by atoms with Crippen LogP contribution in [0.3, 0.4) is 0 Å². The Labute approximate surface area is 264 Å². The topological polar surface area (TPSA) is 65.2 Å². The summed E-state index contributed by atoms with van der Waals surface area (Å²) in [7, 11) is 0. The van der Waals surface area contributed by atoms with E-state index >= 15 is 0 Å². The third-order valence-electron chi connectivity index (χ3n) is 7.63. The molecule has 2 N–H and O–H groups in total. The van der Waals surface area contributed by atoms with Crippen molar-refractivity contribution in [2.24, 2.45) is 33.7 Å². The maximum Gasteiger partial charge on any atom is 0.127 e. The van der Waals surface area contributed by atoms with Gasteiger partial charge in [-0.2, -0.15) is 0 Å². The normalized spacial score (nSPS) is 12.4. The van der Waals surface area contributed by atoms with E-state index in [2.05, 4.69) is 91.8 Å². The maximum atomic E-state index is 11.2. The monoisotopic (exact) mass is 590 g/mol. The fourth-order valence-electron chi connectivity index (χ4n) is 5.84. The molecule has 4 aromatic carbocycles. The third-order valence-corrected chi connectivity index (χ3v) is 7.63. The van der Waals surface area contributed by atoms with Gasteiger partial charge in [0.1, 0.15) is 11.5 Å². The molecule has 0 aliphatic rings. The lowest BCUT2D eigenvalue weighted by atomic mass is 9.93. The van der Waals surface area contributed by atoms with Crippen molar-refractivity contribution in [3.05, 3.63) is 94.0 Å². The first kappa shape index (κ1) is 33.0. The van der Waals surface area contributed by atoms with Gasteiger partial charge in [0.2, 0.25) is 0 Å². The number of aromatic hydroxyl groups is 2. The van der Waals surface area contributed by atoms with Gasteiger partial charge in [-0.3, -0.25) is 9.98 Å². The fraction of sp³-hybridized carbons (Fsp3) is 0.400. The zero-order chi connectivity index (χ0) is 32.0. The van der Waals surface area contributed by atoms with Crippen LogP contribution in [0.25, 0.3) is 10.8 Å².